The van der Waals surface area contributed by atoms with Gasteiger partial charge in [-0.25, -0.2) is 4.39 Å². The number of benzene rings is 2. The molecule has 4 rings (SSSR count). The Bertz CT molecular complexity index is 1120. The Hall–Kier alpha value is -3.80. The number of Topliss-reactive ketones (excluding diaryl/α,β-unsaturated/α-hetero) is 1. The summed E-state index contributed by atoms with van der Waals surface area (Å²) in [6.07, 6.45) is 2.99. The summed E-state index contributed by atoms with van der Waals surface area (Å²) in [4.78, 5) is 31.1. The molecule has 3 aromatic rings. The van der Waals surface area contributed by atoms with Crippen molar-refractivity contribution >= 4 is 23.1 Å². The number of ketones is 1. The predicted molar refractivity (Wildman–Crippen MR) is 107 cm³/mol. The Kier molecular flexibility index (Phi) is 4.68. The highest BCUT2D eigenvalue weighted by Gasteiger charge is 2.47. The second kappa shape index (κ2) is 7.31. The summed E-state index contributed by atoms with van der Waals surface area (Å²) in [7, 11) is 0. The van der Waals surface area contributed by atoms with E-state index >= 15 is 0 Å². The Morgan fingerprint density at radius 2 is 1.83 bits per heavy atom. The van der Waals surface area contributed by atoms with Gasteiger partial charge in [0, 0.05) is 11.8 Å². The van der Waals surface area contributed by atoms with Crippen molar-refractivity contribution in [1.82, 2.24) is 4.98 Å². The lowest BCUT2D eigenvalue weighted by Crippen LogP contribution is -2.29. The molecule has 1 fully saturated rings. The Labute approximate surface area is 166 Å². The smallest absolute Gasteiger partial charge is 0.300 e. The number of halogens is 1. The van der Waals surface area contributed by atoms with E-state index < -0.39 is 23.5 Å². The van der Waals surface area contributed by atoms with Crippen molar-refractivity contribution in [2.45, 2.75) is 13.0 Å². The Morgan fingerprint density at radius 1 is 1.07 bits per heavy atom. The molecule has 0 saturated carbocycles. The first-order valence-electron chi connectivity index (χ1n) is 9.01. The fourth-order valence-electron chi connectivity index (χ4n) is 3.45. The van der Waals surface area contributed by atoms with Crippen molar-refractivity contribution in [2.24, 2.45) is 0 Å². The molecule has 0 spiro atoms. The van der Waals surface area contributed by atoms with E-state index in [4.69, 9.17) is 0 Å². The summed E-state index contributed by atoms with van der Waals surface area (Å²) >= 11 is 0. The van der Waals surface area contributed by atoms with Gasteiger partial charge >= 0.3 is 0 Å². The van der Waals surface area contributed by atoms with Crippen molar-refractivity contribution in [3.63, 3.8) is 0 Å². The van der Waals surface area contributed by atoms with Crippen LogP contribution in [0.2, 0.25) is 0 Å². The third-order valence-corrected chi connectivity index (χ3v) is 4.86. The van der Waals surface area contributed by atoms with E-state index in [1.165, 1.54) is 29.3 Å². The number of hydrogen-bond acceptors (Lipinski definition) is 4. The van der Waals surface area contributed by atoms with Crippen LogP contribution in [-0.4, -0.2) is 21.8 Å². The van der Waals surface area contributed by atoms with Crippen LogP contribution in [0.4, 0.5) is 10.1 Å². The van der Waals surface area contributed by atoms with Gasteiger partial charge in [0.1, 0.15) is 11.6 Å². The molecule has 1 N–H and O–H groups in total. The fourth-order valence-corrected chi connectivity index (χ4v) is 3.45. The zero-order chi connectivity index (χ0) is 20.5. The van der Waals surface area contributed by atoms with Crippen LogP contribution in [-0.2, 0) is 9.59 Å². The molecule has 1 aliphatic rings. The molecule has 0 bridgehead atoms. The largest absolute Gasteiger partial charge is 0.507 e. The number of hydrogen-bond donors (Lipinski definition) is 1. The Morgan fingerprint density at radius 3 is 2.48 bits per heavy atom. The average molecular weight is 388 g/mol. The van der Waals surface area contributed by atoms with Crippen LogP contribution in [0.1, 0.15) is 22.7 Å². The lowest BCUT2D eigenvalue weighted by atomic mass is 9.95. The van der Waals surface area contributed by atoms with E-state index in [2.05, 4.69) is 4.98 Å². The number of anilines is 1. The first-order chi connectivity index (χ1) is 14.0. The fraction of sp³-hybridized carbons (Fsp3) is 0.0870. The maximum atomic E-state index is 14.0. The van der Waals surface area contributed by atoms with E-state index in [0.717, 1.165) is 5.56 Å². The molecule has 2 aromatic carbocycles. The van der Waals surface area contributed by atoms with Gasteiger partial charge in [0.15, 0.2) is 0 Å². The minimum absolute atomic E-state index is 0.0895. The molecule has 1 atom stereocenters. The standard InChI is InChI=1S/C23H17FN2O3/c1-14-7-9-15(10-8-14)21(27)19-20(16-4-2-5-17(24)12-16)26(23(29)22(19)28)18-6-3-11-25-13-18/h2-13,20,27H,1H3/b21-19-. The topological polar surface area (TPSA) is 70.5 Å². The van der Waals surface area contributed by atoms with Crippen LogP contribution in [0.15, 0.2) is 78.6 Å². The number of nitrogens with zero attached hydrogens (tertiary/aromatic N) is 2. The van der Waals surface area contributed by atoms with Crippen LogP contribution in [0.25, 0.3) is 5.76 Å². The monoisotopic (exact) mass is 388 g/mol. The number of aryl methyl sites for hydroxylation is 1. The molecule has 1 unspecified atom stereocenters. The van der Waals surface area contributed by atoms with Crippen molar-refractivity contribution in [1.29, 1.82) is 0 Å². The van der Waals surface area contributed by atoms with E-state index in [1.807, 2.05) is 6.92 Å². The highest BCUT2D eigenvalue weighted by atomic mass is 19.1. The summed E-state index contributed by atoms with van der Waals surface area (Å²) in [5.41, 5.74) is 2.06. The molecule has 1 aromatic heterocycles. The van der Waals surface area contributed by atoms with E-state index in [0.29, 0.717) is 16.8 Å². The molecular formula is C23H17FN2O3. The van der Waals surface area contributed by atoms with Gasteiger partial charge < -0.3 is 5.11 Å². The third-order valence-electron chi connectivity index (χ3n) is 4.86. The van der Waals surface area contributed by atoms with Crippen molar-refractivity contribution in [3.05, 3.63) is 101 Å². The minimum atomic E-state index is -0.976. The van der Waals surface area contributed by atoms with E-state index in [9.17, 15) is 19.1 Å². The van der Waals surface area contributed by atoms with Crippen LogP contribution >= 0.6 is 0 Å². The number of aromatic nitrogens is 1. The lowest BCUT2D eigenvalue weighted by molar-refractivity contribution is -0.132. The van der Waals surface area contributed by atoms with Crippen molar-refractivity contribution in [3.8, 4) is 0 Å². The average Bonchev–Trinajstić information content (AvgIpc) is 2.99. The highest BCUT2D eigenvalue weighted by Crippen LogP contribution is 2.41. The van der Waals surface area contributed by atoms with Crippen LogP contribution in [0, 0.1) is 12.7 Å². The van der Waals surface area contributed by atoms with Crippen LogP contribution in [0.3, 0.4) is 0 Å². The maximum absolute atomic E-state index is 14.0. The molecule has 5 nitrogen and oxygen atoms in total. The SMILES string of the molecule is Cc1ccc(/C(O)=C2/C(=O)C(=O)N(c3cccnc3)C2c2cccc(F)c2)cc1. The quantitative estimate of drug-likeness (QED) is 0.416. The zero-order valence-corrected chi connectivity index (χ0v) is 15.5. The Balaban J connectivity index is 1.95. The first kappa shape index (κ1) is 18.6. The minimum Gasteiger partial charge on any atom is -0.507 e. The van der Waals surface area contributed by atoms with Crippen molar-refractivity contribution < 1.29 is 19.1 Å². The van der Waals surface area contributed by atoms with Gasteiger partial charge in [0.2, 0.25) is 0 Å². The van der Waals surface area contributed by atoms with E-state index in [-0.39, 0.29) is 11.3 Å². The predicted octanol–water partition coefficient (Wildman–Crippen LogP) is 4.16. The molecule has 0 radical (unpaired) electrons. The molecule has 1 saturated heterocycles. The van der Waals surface area contributed by atoms with Crippen molar-refractivity contribution in [2.75, 3.05) is 4.90 Å². The first-order valence-corrected chi connectivity index (χ1v) is 9.01. The molecule has 29 heavy (non-hydrogen) atoms. The molecule has 2 heterocycles. The number of carbonyl (C=O) groups is 2. The number of rotatable bonds is 3. The summed E-state index contributed by atoms with van der Waals surface area (Å²) in [6.45, 7) is 1.90. The summed E-state index contributed by atoms with van der Waals surface area (Å²) in [6, 6.07) is 14.9. The molecule has 1 amide bonds. The van der Waals surface area contributed by atoms with Gasteiger partial charge in [0.05, 0.1) is 23.5 Å². The third kappa shape index (κ3) is 3.29. The summed E-state index contributed by atoms with van der Waals surface area (Å²) in [5.74, 6) is -2.44. The van der Waals surface area contributed by atoms with Gasteiger partial charge in [0.25, 0.3) is 11.7 Å². The van der Waals surface area contributed by atoms with Gasteiger partial charge in [-0.3, -0.25) is 19.5 Å². The van der Waals surface area contributed by atoms with Crippen LogP contribution in [0.5, 0.6) is 0 Å². The van der Waals surface area contributed by atoms with E-state index in [1.54, 1.807) is 48.7 Å². The summed E-state index contributed by atoms with van der Waals surface area (Å²) in [5, 5.41) is 10.9. The number of amides is 1. The molecule has 0 aliphatic carbocycles. The van der Waals surface area contributed by atoms with Gasteiger partial charge in [-0.15, -0.1) is 0 Å². The molecule has 6 heteroatoms. The van der Waals surface area contributed by atoms with Crippen LogP contribution < -0.4 is 4.90 Å². The summed E-state index contributed by atoms with van der Waals surface area (Å²) < 4.78 is 14.0. The molecular weight excluding hydrogens is 371 g/mol. The molecule has 1 aliphatic heterocycles. The number of pyridine rings is 1. The zero-order valence-electron chi connectivity index (χ0n) is 15.5. The molecule has 144 valence electrons. The number of aliphatic hydroxyl groups excluding tert-OH is 1. The van der Waals surface area contributed by atoms with Gasteiger partial charge in [-0.2, -0.15) is 0 Å². The lowest BCUT2D eigenvalue weighted by Gasteiger charge is -2.25. The second-order valence-electron chi connectivity index (χ2n) is 6.80. The number of carbonyl (C=O) groups excluding carboxylic acids is 2. The number of aliphatic hydroxyl groups is 1. The van der Waals surface area contributed by atoms with Gasteiger partial charge in [-0.05, 0) is 36.8 Å². The highest BCUT2D eigenvalue weighted by molar-refractivity contribution is 6.51. The second-order valence-corrected chi connectivity index (χ2v) is 6.80. The normalized spacial score (nSPS) is 18.3. The maximum Gasteiger partial charge on any atom is 0.300 e. The van der Waals surface area contributed by atoms with Gasteiger partial charge in [-0.1, -0.05) is 42.0 Å².